The highest BCUT2D eigenvalue weighted by Crippen LogP contribution is 2.67. The molecule has 9 unspecified atom stereocenters. The van der Waals surface area contributed by atoms with Crippen LogP contribution in [0.2, 0.25) is 0 Å². The fraction of sp³-hybridized carbons (Fsp3) is 0.929. The second-order valence-corrected chi connectivity index (χ2v) is 14.8. The van der Waals surface area contributed by atoms with Gasteiger partial charge in [-0.15, -0.1) is 0 Å². The standard InChI is InChI=1S/C28H48O2S/c1-19(8-7-15-26(2,3)4)23-11-12-24-22-10-9-20-18-21(31(29)30)13-16-27(20,5)25(22)14-17-28(23,24)6/h9,19,21-25H,7-8,10-18H2,1-6H3,(H,29,30). The quantitative estimate of drug-likeness (QED) is 0.341. The fourth-order valence-electron chi connectivity index (χ4n) is 8.93. The van der Waals surface area contributed by atoms with Crippen molar-refractivity contribution in [1.82, 2.24) is 0 Å². The molecule has 2 nitrogen and oxygen atoms in total. The predicted molar refractivity (Wildman–Crippen MR) is 132 cm³/mol. The van der Waals surface area contributed by atoms with E-state index in [1.807, 2.05) is 0 Å². The zero-order valence-electron chi connectivity index (χ0n) is 21.1. The van der Waals surface area contributed by atoms with Crippen molar-refractivity contribution in [1.29, 1.82) is 0 Å². The van der Waals surface area contributed by atoms with E-state index in [-0.39, 0.29) is 10.7 Å². The van der Waals surface area contributed by atoms with Gasteiger partial charge in [-0.3, -0.25) is 0 Å². The maximum absolute atomic E-state index is 11.7. The molecule has 178 valence electrons. The van der Waals surface area contributed by atoms with Crippen LogP contribution in [0, 0.1) is 45.8 Å². The Bertz CT molecular complexity index is 721. The molecule has 0 amide bonds. The predicted octanol–water partition coefficient (Wildman–Crippen LogP) is 8.01. The monoisotopic (exact) mass is 448 g/mol. The number of allylic oxidation sites excluding steroid dienone is 2. The molecule has 0 heterocycles. The molecule has 0 aromatic heterocycles. The van der Waals surface area contributed by atoms with Crippen LogP contribution in [0.5, 0.6) is 0 Å². The van der Waals surface area contributed by atoms with E-state index in [0.29, 0.717) is 10.8 Å². The average Bonchev–Trinajstić information content (AvgIpc) is 3.03. The lowest BCUT2D eigenvalue weighted by molar-refractivity contribution is -0.0499. The molecule has 4 rings (SSSR count). The molecule has 4 aliphatic carbocycles. The molecule has 9 atom stereocenters. The molecule has 0 bridgehead atoms. The Morgan fingerprint density at radius 1 is 1.13 bits per heavy atom. The third-order valence-electron chi connectivity index (χ3n) is 10.7. The molecule has 0 aliphatic heterocycles. The maximum atomic E-state index is 11.7. The molecule has 4 aliphatic rings. The number of hydrogen-bond acceptors (Lipinski definition) is 1. The van der Waals surface area contributed by atoms with Gasteiger partial charge < -0.3 is 4.55 Å². The molecule has 0 spiro atoms. The summed E-state index contributed by atoms with van der Waals surface area (Å²) >= 11 is -1.67. The second-order valence-electron chi connectivity index (χ2n) is 13.6. The smallest absolute Gasteiger partial charge is 0.156 e. The van der Waals surface area contributed by atoms with E-state index in [0.717, 1.165) is 48.9 Å². The molecule has 3 fully saturated rings. The van der Waals surface area contributed by atoms with Crippen molar-refractivity contribution in [2.75, 3.05) is 0 Å². The van der Waals surface area contributed by atoms with Crippen molar-refractivity contribution in [3.63, 3.8) is 0 Å². The van der Waals surface area contributed by atoms with Gasteiger partial charge in [0.1, 0.15) is 0 Å². The number of fused-ring (bicyclic) bond motifs is 5. The van der Waals surface area contributed by atoms with Gasteiger partial charge in [-0.05, 0) is 104 Å². The summed E-state index contributed by atoms with van der Waals surface area (Å²) in [4.78, 5) is 0. The minimum absolute atomic E-state index is 0.0328. The van der Waals surface area contributed by atoms with Crippen molar-refractivity contribution >= 4 is 11.1 Å². The summed E-state index contributed by atoms with van der Waals surface area (Å²) in [5.74, 6) is 4.29. The van der Waals surface area contributed by atoms with Crippen LogP contribution in [-0.4, -0.2) is 14.0 Å². The van der Waals surface area contributed by atoms with E-state index in [1.165, 1.54) is 56.9 Å². The SMILES string of the molecule is CC(CCCC(C)(C)C)C1CCC2C3CC=C4CC(S(=O)O)CCC4(C)C3CCC12C. The van der Waals surface area contributed by atoms with Crippen LogP contribution >= 0.6 is 0 Å². The fourth-order valence-corrected chi connectivity index (χ4v) is 9.57. The zero-order valence-corrected chi connectivity index (χ0v) is 21.9. The second kappa shape index (κ2) is 8.57. The third-order valence-corrected chi connectivity index (χ3v) is 11.7. The van der Waals surface area contributed by atoms with Gasteiger partial charge in [0.05, 0.1) is 5.25 Å². The summed E-state index contributed by atoms with van der Waals surface area (Å²) in [6, 6.07) is 0. The van der Waals surface area contributed by atoms with Crippen molar-refractivity contribution < 1.29 is 8.76 Å². The maximum Gasteiger partial charge on any atom is 0.156 e. The first-order valence-corrected chi connectivity index (χ1v) is 14.4. The van der Waals surface area contributed by atoms with Crippen molar-refractivity contribution in [3.05, 3.63) is 11.6 Å². The van der Waals surface area contributed by atoms with Crippen LogP contribution in [0.15, 0.2) is 11.6 Å². The lowest BCUT2D eigenvalue weighted by Gasteiger charge is -2.58. The molecule has 0 aromatic rings. The van der Waals surface area contributed by atoms with Gasteiger partial charge in [-0.2, -0.15) is 0 Å². The van der Waals surface area contributed by atoms with Crippen molar-refractivity contribution in [2.45, 2.75) is 117 Å². The van der Waals surface area contributed by atoms with E-state index >= 15 is 0 Å². The first-order valence-electron chi connectivity index (χ1n) is 13.2. The first-order chi connectivity index (χ1) is 14.5. The van der Waals surface area contributed by atoms with Crippen LogP contribution in [-0.2, 0) is 11.1 Å². The van der Waals surface area contributed by atoms with Crippen LogP contribution in [0.3, 0.4) is 0 Å². The Labute approximate surface area is 194 Å². The molecule has 31 heavy (non-hydrogen) atoms. The summed E-state index contributed by atoms with van der Waals surface area (Å²) in [5.41, 5.74) is 2.81. The Morgan fingerprint density at radius 2 is 1.87 bits per heavy atom. The van der Waals surface area contributed by atoms with E-state index in [9.17, 15) is 8.76 Å². The largest absolute Gasteiger partial charge is 0.306 e. The van der Waals surface area contributed by atoms with Gasteiger partial charge in [0.2, 0.25) is 0 Å². The normalized spacial score (nSPS) is 44.6. The van der Waals surface area contributed by atoms with E-state index in [4.69, 9.17) is 0 Å². The number of hydrogen-bond donors (Lipinski definition) is 1. The summed E-state index contributed by atoms with van der Waals surface area (Å²) in [6.45, 7) is 14.9. The highest BCUT2D eigenvalue weighted by Gasteiger charge is 2.59. The van der Waals surface area contributed by atoms with Gasteiger partial charge in [0.25, 0.3) is 0 Å². The average molecular weight is 449 g/mol. The van der Waals surface area contributed by atoms with Crippen LogP contribution < -0.4 is 0 Å². The Kier molecular flexibility index (Phi) is 6.63. The molecule has 3 saturated carbocycles. The molecular formula is C28H48O2S. The van der Waals surface area contributed by atoms with Gasteiger partial charge >= 0.3 is 0 Å². The zero-order chi connectivity index (χ0) is 22.6. The van der Waals surface area contributed by atoms with Gasteiger partial charge in [-0.1, -0.05) is 66.0 Å². The summed E-state index contributed by atoms with van der Waals surface area (Å²) in [7, 11) is 0. The van der Waals surface area contributed by atoms with E-state index in [2.05, 4.69) is 47.6 Å². The Morgan fingerprint density at radius 3 is 2.55 bits per heavy atom. The van der Waals surface area contributed by atoms with Gasteiger partial charge in [0, 0.05) is 0 Å². The topological polar surface area (TPSA) is 37.3 Å². The van der Waals surface area contributed by atoms with Crippen LogP contribution in [0.4, 0.5) is 0 Å². The lowest BCUT2D eigenvalue weighted by Crippen LogP contribution is -2.51. The Balaban J connectivity index is 1.47. The minimum atomic E-state index is -1.67. The molecular weight excluding hydrogens is 400 g/mol. The summed E-state index contributed by atoms with van der Waals surface area (Å²) in [5, 5.41) is -0.0328. The minimum Gasteiger partial charge on any atom is -0.306 e. The first kappa shape index (κ1) is 24.0. The molecule has 0 radical (unpaired) electrons. The third kappa shape index (κ3) is 4.36. The molecule has 1 N–H and O–H groups in total. The van der Waals surface area contributed by atoms with Crippen LogP contribution in [0.25, 0.3) is 0 Å². The van der Waals surface area contributed by atoms with Crippen LogP contribution in [0.1, 0.15) is 112 Å². The number of rotatable bonds is 5. The highest BCUT2D eigenvalue weighted by molar-refractivity contribution is 7.79. The molecule has 3 heteroatoms. The summed E-state index contributed by atoms with van der Waals surface area (Å²) in [6.07, 6.45) is 16.5. The van der Waals surface area contributed by atoms with Gasteiger partial charge in [-0.25, -0.2) is 4.21 Å². The lowest BCUT2D eigenvalue weighted by atomic mass is 9.47. The van der Waals surface area contributed by atoms with E-state index in [1.54, 1.807) is 0 Å². The van der Waals surface area contributed by atoms with Crippen molar-refractivity contribution in [3.8, 4) is 0 Å². The highest BCUT2D eigenvalue weighted by atomic mass is 32.2. The van der Waals surface area contributed by atoms with Gasteiger partial charge in [0.15, 0.2) is 11.1 Å². The molecule has 0 aromatic carbocycles. The van der Waals surface area contributed by atoms with Crippen molar-refractivity contribution in [2.24, 2.45) is 45.8 Å². The molecule has 0 saturated heterocycles. The van der Waals surface area contributed by atoms with E-state index < -0.39 is 11.1 Å². The Hall–Kier alpha value is -0.150. The summed E-state index contributed by atoms with van der Waals surface area (Å²) < 4.78 is 21.4.